The quantitative estimate of drug-likeness (QED) is 0.922. The van der Waals surface area contributed by atoms with Gasteiger partial charge < -0.3 is 5.11 Å². The number of nitrogens with zero attached hydrogens (tertiary/aromatic N) is 1. The van der Waals surface area contributed by atoms with Crippen LogP contribution in [0.4, 0.5) is 0 Å². The molecule has 0 aromatic heterocycles. The van der Waals surface area contributed by atoms with Crippen LogP contribution >= 0.6 is 0 Å². The highest BCUT2D eigenvalue weighted by molar-refractivity contribution is 5.34. The van der Waals surface area contributed by atoms with Gasteiger partial charge in [0.1, 0.15) is 0 Å². The zero-order valence-corrected chi connectivity index (χ0v) is 13.4. The Bertz CT molecular complexity index is 608. The van der Waals surface area contributed by atoms with Crippen molar-refractivity contribution in [2.75, 3.05) is 13.2 Å². The molecule has 0 spiro atoms. The Hall–Kier alpha value is -1.64. The molecule has 1 aliphatic rings. The summed E-state index contributed by atoms with van der Waals surface area (Å²) in [4.78, 5) is 2.43. The average molecular weight is 295 g/mol. The molecule has 116 valence electrons. The van der Waals surface area contributed by atoms with Gasteiger partial charge in [0.2, 0.25) is 0 Å². The first-order valence-electron chi connectivity index (χ1n) is 8.18. The van der Waals surface area contributed by atoms with Gasteiger partial charge in [0.25, 0.3) is 0 Å². The predicted molar refractivity (Wildman–Crippen MR) is 90.7 cm³/mol. The van der Waals surface area contributed by atoms with E-state index < -0.39 is 0 Å². The maximum atomic E-state index is 9.96. The first kappa shape index (κ1) is 15.3. The molecule has 0 saturated heterocycles. The summed E-state index contributed by atoms with van der Waals surface area (Å²) in [5.41, 5.74) is 4.09. The molecule has 0 aliphatic carbocycles. The van der Waals surface area contributed by atoms with Crippen molar-refractivity contribution >= 4 is 0 Å². The average Bonchev–Trinajstić information content (AvgIpc) is 2.55. The molecular formula is C20H25NO. The third kappa shape index (κ3) is 2.94. The smallest absolute Gasteiger partial charge is 0.0628 e. The molecule has 1 aliphatic heterocycles. The van der Waals surface area contributed by atoms with Crippen molar-refractivity contribution in [1.82, 2.24) is 4.90 Å². The lowest BCUT2D eigenvalue weighted by Crippen LogP contribution is -2.39. The third-order valence-corrected chi connectivity index (χ3v) is 4.86. The van der Waals surface area contributed by atoms with Gasteiger partial charge in [-0.2, -0.15) is 0 Å². The lowest BCUT2D eigenvalue weighted by molar-refractivity contribution is 0.0948. The largest absolute Gasteiger partial charge is 0.394 e. The topological polar surface area (TPSA) is 23.5 Å². The van der Waals surface area contributed by atoms with Crippen LogP contribution in [0.3, 0.4) is 0 Å². The van der Waals surface area contributed by atoms with Gasteiger partial charge in [-0.1, -0.05) is 68.4 Å². The van der Waals surface area contributed by atoms with Gasteiger partial charge in [0.05, 0.1) is 12.6 Å². The second-order valence-electron chi connectivity index (χ2n) is 6.59. The molecule has 0 radical (unpaired) electrons. The van der Waals surface area contributed by atoms with E-state index >= 15 is 0 Å². The maximum absolute atomic E-state index is 9.96. The molecule has 2 aromatic carbocycles. The first-order valence-corrected chi connectivity index (χ1v) is 8.18. The summed E-state index contributed by atoms with van der Waals surface area (Å²) in [6.07, 6.45) is 0. The molecule has 22 heavy (non-hydrogen) atoms. The Morgan fingerprint density at radius 2 is 1.73 bits per heavy atom. The molecule has 0 bridgehead atoms. The van der Waals surface area contributed by atoms with Gasteiger partial charge >= 0.3 is 0 Å². The standard InChI is InChI=1S/C20H25NO/c1-15(2)19-13-21(12-17-10-6-7-11-18(17)19)20(14-22)16-8-4-3-5-9-16/h3-11,15,19-20,22H,12-14H2,1-2H3/t19-,20+/m1/s1. The van der Waals surface area contributed by atoms with Crippen molar-refractivity contribution in [2.24, 2.45) is 5.92 Å². The van der Waals surface area contributed by atoms with E-state index in [9.17, 15) is 5.11 Å². The van der Waals surface area contributed by atoms with Crippen LogP contribution in [0.15, 0.2) is 54.6 Å². The van der Waals surface area contributed by atoms with Gasteiger partial charge in [-0.15, -0.1) is 0 Å². The highest BCUT2D eigenvalue weighted by Gasteiger charge is 2.31. The number of benzene rings is 2. The van der Waals surface area contributed by atoms with Crippen molar-refractivity contribution in [3.63, 3.8) is 0 Å². The van der Waals surface area contributed by atoms with Crippen molar-refractivity contribution < 1.29 is 5.11 Å². The summed E-state index contributed by atoms with van der Waals surface area (Å²) in [7, 11) is 0. The monoisotopic (exact) mass is 295 g/mol. The van der Waals surface area contributed by atoms with Crippen molar-refractivity contribution in [3.05, 3.63) is 71.3 Å². The van der Waals surface area contributed by atoms with Crippen LogP contribution in [-0.4, -0.2) is 23.2 Å². The summed E-state index contributed by atoms with van der Waals surface area (Å²) in [6, 6.07) is 19.2. The predicted octanol–water partition coefficient (Wildman–Crippen LogP) is 3.98. The molecule has 0 amide bonds. The fourth-order valence-corrected chi connectivity index (χ4v) is 3.59. The van der Waals surface area contributed by atoms with Crippen LogP contribution in [0.2, 0.25) is 0 Å². The lowest BCUT2D eigenvalue weighted by atomic mass is 9.81. The van der Waals surface area contributed by atoms with Gasteiger partial charge in [-0.25, -0.2) is 0 Å². The zero-order chi connectivity index (χ0) is 15.5. The van der Waals surface area contributed by atoms with Crippen molar-refractivity contribution in [3.8, 4) is 0 Å². The van der Waals surface area contributed by atoms with E-state index in [-0.39, 0.29) is 12.6 Å². The third-order valence-electron chi connectivity index (χ3n) is 4.86. The van der Waals surface area contributed by atoms with E-state index in [1.54, 1.807) is 0 Å². The molecule has 0 fully saturated rings. The number of hydrogen-bond acceptors (Lipinski definition) is 2. The molecule has 0 unspecified atom stereocenters. The minimum atomic E-state index is 0.0795. The van der Waals surface area contributed by atoms with E-state index in [0.29, 0.717) is 11.8 Å². The molecule has 1 N–H and O–H groups in total. The molecule has 3 rings (SSSR count). The Labute approximate surface area is 133 Å². The van der Waals surface area contributed by atoms with Crippen LogP contribution in [0.25, 0.3) is 0 Å². The van der Waals surface area contributed by atoms with Crippen molar-refractivity contribution in [1.29, 1.82) is 0 Å². The van der Waals surface area contributed by atoms with Gasteiger partial charge in [-0.05, 0) is 28.5 Å². The Morgan fingerprint density at radius 3 is 2.41 bits per heavy atom. The SMILES string of the molecule is CC(C)[C@H]1CN([C@@H](CO)c2ccccc2)Cc2ccccc21. The zero-order valence-electron chi connectivity index (χ0n) is 13.4. The fourth-order valence-electron chi connectivity index (χ4n) is 3.59. The molecule has 1 heterocycles. The van der Waals surface area contributed by atoms with Gasteiger partial charge in [-0.3, -0.25) is 4.90 Å². The van der Waals surface area contributed by atoms with Crippen LogP contribution in [0.1, 0.15) is 42.5 Å². The summed E-state index contributed by atoms with van der Waals surface area (Å²) in [5, 5.41) is 9.96. The lowest BCUT2D eigenvalue weighted by Gasteiger charge is -2.40. The molecule has 0 saturated carbocycles. The minimum Gasteiger partial charge on any atom is -0.394 e. The molecule has 2 atom stereocenters. The number of aliphatic hydroxyl groups is 1. The summed E-state index contributed by atoms with van der Waals surface area (Å²) >= 11 is 0. The van der Waals surface area contributed by atoms with E-state index in [1.165, 1.54) is 16.7 Å². The van der Waals surface area contributed by atoms with Crippen LogP contribution in [0.5, 0.6) is 0 Å². The first-order chi connectivity index (χ1) is 10.7. The van der Waals surface area contributed by atoms with Gasteiger partial charge in [0, 0.05) is 13.1 Å². The van der Waals surface area contributed by atoms with E-state index in [1.807, 2.05) is 6.07 Å². The summed E-state index contributed by atoms with van der Waals surface area (Å²) in [5.74, 6) is 1.13. The van der Waals surface area contributed by atoms with Crippen LogP contribution < -0.4 is 0 Å². The maximum Gasteiger partial charge on any atom is 0.0628 e. The molecule has 2 nitrogen and oxygen atoms in total. The summed E-state index contributed by atoms with van der Waals surface area (Å²) in [6.45, 7) is 6.67. The highest BCUT2D eigenvalue weighted by atomic mass is 16.3. The van der Waals surface area contributed by atoms with Crippen LogP contribution in [-0.2, 0) is 6.54 Å². The van der Waals surface area contributed by atoms with E-state index in [2.05, 4.69) is 67.3 Å². The minimum absolute atomic E-state index is 0.0795. The Morgan fingerprint density at radius 1 is 1.05 bits per heavy atom. The Kier molecular flexibility index (Phi) is 4.60. The Balaban J connectivity index is 1.93. The van der Waals surface area contributed by atoms with E-state index in [0.717, 1.165) is 13.1 Å². The highest BCUT2D eigenvalue weighted by Crippen LogP contribution is 2.37. The molecule has 2 aromatic rings. The van der Waals surface area contributed by atoms with Gasteiger partial charge in [0.15, 0.2) is 0 Å². The fraction of sp³-hybridized carbons (Fsp3) is 0.400. The normalized spacial score (nSPS) is 19.9. The molecular weight excluding hydrogens is 270 g/mol. The van der Waals surface area contributed by atoms with E-state index in [4.69, 9.17) is 0 Å². The number of rotatable bonds is 4. The second kappa shape index (κ2) is 6.64. The number of fused-ring (bicyclic) bond motifs is 1. The summed E-state index contributed by atoms with van der Waals surface area (Å²) < 4.78 is 0. The van der Waals surface area contributed by atoms with Crippen LogP contribution in [0, 0.1) is 5.92 Å². The number of hydrogen-bond donors (Lipinski definition) is 1. The second-order valence-corrected chi connectivity index (χ2v) is 6.59. The number of aliphatic hydroxyl groups excluding tert-OH is 1. The van der Waals surface area contributed by atoms with Crippen molar-refractivity contribution in [2.45, 2.75) is 32.4 Å². The molecule has 2 heteroatoms.